The van der Waals surface area contributed by atoms with Crippen molar-refractivity contribution in [1.82, 2.24) is 20.2 Å². The summed E-state index contributed by atoms with van der Waals surface area (Å²) in [5, 5.41) is 6.44. The van der Waals surface area contributed by atoms with Gasteiger partial charge < -0.3 is 9.88 Å². The van der Waals surface area contributed by atoms with Gasteiger partial charge in [0.05, 0.1) is 12.6 Å². The maximum atomic E-state index is 12.5. The van der Waals surface area contributed by atoms with Crippen molar-refractivity contribution in [3.63, 3.8) is 0 Å². The quantitative estimate of drug-likeness (QED) is 0.844. The van der Waals surface area contributed by atoms with Gasteiger partial charge in [0.15, 0.2) is 0 Å². The summed E-state index contributed by atoms with van der Waals surface area (Å²) in [6.07, 6.45) is 3.67. The van der Waals surface area contributed by atoms with Gasteiger partial charge >= 0.3 is 0 Å². The molecular formula is C16H30N4O. The number of carbonyl (C=O) groups excluding carboxylic acids is 1. The Bertz CT molecular complexity index is 459. The average Bonchev–Trinajstić information content (AvgIpc) is 2.73. The summed E-state index contributed by atoms with van der Waals surface area (Å²) >= 11 is 0. The van der Waals surface area contributed by atoms with Crippen LogP contribution in [-0.2, 0) is 18.4 Å². The molecule has 5 heteroatoms. The van der Waals surface area contributed by atoms with E-state index in [0.29, 0.717) is 6.54 Å². The summed E-state index contributed by atoms with van der Waals surface area (Å²) in [7, 11) is 1.95. The van der Waals surface area contributed by atoms with Gasteiger partial charge in [-0.05, 0) is 18.3 Å². The Balaban J connectivity index is 2.65. The Morgan fingerprint density at radius 2 is 1.95 bits per heavy atom. The molecule has 1 heterocycles. The monoisotopic (exact) mass is 294 g/mol. The van der Waals surface area contributed by atoms with E-state index < -0.39 is 0 Å². The normalized spacial score (nSPS) is 15.0. The standard InChI is InChI=1S/C16H30N4O/c1-11(2)14(15(21)19-12(3)16(4,5)6)18-10-13-17-8-9-20(13)7/h8-9,11-12,14,18H,10H2,1-7H3,(H,19,21)/t12-,14+/m1/s1. The molecule has 0 fully saturated rings. The molecule has 2 N–H and O–H groups in total. The zero-order chi connectivity index (χ0) is 16.2. The van der Waals surface area contributed by atoms with Crippen LogP contribution in [0.3, 0.4) is 0 Å². The van der Waals surface area contributed by atoms with E-state index in [1.165, 1.54) is 0 Å². The third kappa shape index (κ3) is 5.16. The van der Waals surface area contributed by atoms with Crippen LogP contribution >= 0.6 is 0 Å². The highest BCUT2D eigenvalue weighted by Gasteiger charge is 2.27. The van der Waals surface area contributed by atoms with E-state index in [-0.39, 0.29) is 29.3 Å². The lowest BCUT2D eigenvalue weighted by atomic mass is 9.87. The number of carbonyl (C=O) groups is 1. The minimum Gasteiger partial charge on any atom is -0.352 e. The van der Waals surface area contributed by atoms with Gasteiger partial charge in [-0.25, -0.2) is 4.98 Å². The first-order valence-corrected chi connectivity index (χ1v) is 7.63. The molecule has 1 rings (SSSR count). The number of aromatic nitrogens is 2. The molecule has 0 bridgehead atoms. The smallest absolute Gasteiger partial charge is 0.237 e. The summed E-state index contributed by atoms with van der Waals surface area (Å²) < 4.78 is 1.96. The van der Waals surface area contributed by atoms with Crippen molar-refractivity contribution < 1.29 is 4.79 Å². The lowest BCUT2D eigenvalue weighted by Gasteiger charge is -2.31. The Hall–Kier alpha value is -1.36. The molecule has 0 aromatic carbocycles. The van der Waals surface area contributed by atoms with Gasteiger partial charge in [-0.1, -0.05) is 34.6 Å². The molecule has 1 amide bonds. The van der Waals surface area contributed by atoms with Gasteiger partial charge in [0.25, 0.3) is 0 Å². The van der Waals surface area contributed by atoms with E-state index in [9.17, 15) is 4.79 Å². The Morgan fingerprint density at radius 1 is 1.33 bits per heavy atom. The minimum absolute atomic E-state index is 0.0524. The Labute approximate surface area is 128 Å². The molecule has 5 nitrogen and oxygen atoms in total. The van der Waals surface area contributed by atoms with Crippen molar-refractivity contribution in [2.24, 2.45) is 18.4 Å². The molecule has 1 aromatic rings. The minimum atomic E-state index is -0.216. The van der Waals surface area contributed by atoms with Crippen LogP contribution in [0.5, 0.6) is 0 Å². The molecule has 0 unspecified atom stereocenters. The SMILES string of the molecule is CC(C)[C@H](NCc1nccn1C)C(=O)N[C@H](C)C(C)(C)C. The lowest BCUT2D eigenvalue weighted by Crippen LogP contribution is -2.52. The highest BCUT2D eigenvalue weighted by Crippen LogP contribution is 2.19. The molecule has 120 valence electrons. The maximum Gasteiger partial charge on any atom is 0.237 e. The van der Waals surface area contributed by atoms with Gasteiger partial charge in [0.1, 0.15) is 5.82 Å². The second kappa shape index (κ2) is 7.07. The predicted molar refractivity (Wildman–Crippen MR) is 85.7 cm³/mol. The van der Waals surface area contributed by atoms with Crippen LogP contribution in [0.4, 0.5) is 0 Å². The van der Waals surface area contributed by atoms with Crippen LogP contribution in [0.25, 0.3) is 0 Å². The van der Waals surface area contributed by atoms with E-state index >= 15 is 0 Å². The van der Waals surface area contributed by atoms with Crippen molar-refractivity contribution in [1.29, 1.82) is 0 Å². The molecule has 0 saturated heterocycles. The van der Waals surface area contributed by atoms with Gasteiger partial charge in [-0.3, -0.25) is 10.1 Å². The molecular weight excluding hydrogens is 264 g/mol. The maximum absolute atomic E-state index is 12.5. The van der Waals surface area contributed by atoms with Gasteiger partial charge in [-0.2, -0.15) is 0 Å². The fourth-order valence-corrected chi connectivity index (χ4v) is 1.92. The number of imidazole rings is 1. The van der Waals surface area contributed by atoms with Gasteiger partial charge in [0.2, 0.25) is 5.91 Å². The number of rotatable bonds is 6. The summed E-state index contributed by atoms with van der Waals surface area (Å²) in [6.45, 7) is 13.1. The number of hydrogen-bond acceptors (Lipinski definition) is 3. The molecule has 0 radical (unpaired) electrons. The van der Waals surface area contributed by atoms with E-state index in [1.54, 1.807) is 6.20 Å². The fourth-order valence-electron chi connectivity index (χ4n) is 1.92. The van der Waals surface area contributed by atoms with Crippen molar-refractivity contribution >= 4 is 5.91 Å². The zero-order valence-electron chi connectivity index (χ0n) is 14.4. The zero-order valence-corrected chi connectivity index (χ0v) is 14.4. The van der Waals surface area contributed by atoms with Gasteiger partial charge in [-0.15, -0.1) is 0 Å². The van der Waals surface area contributed by atoms with E-state index in [4.69, 9.17) is 0 Å². The lowest BCUT2D eigenvalue weighted by molar-refractivity contribution is -0.125. The fraction of sp³-hybridized carbons (Fsp3) is 0.750. The van der Waals surface area contributed by atoms with Crippen molar-refractivity contribution in [3.8, 4) is 0 Å². The molecule has 2 atom stereocenters. The molecule has 1 aromatic heterocycles. The van der Waals surface area contributed by atoms with Crippen LogP contribution in [0.1, 0.15) is 47.4 Å². The molecule has 0 spiro atoms. The first-order chi connectivity index (χ1) is 9.62. The predicted octanol–water partition coefficient (Wildman–Crippen LogP) is 2.09. The Morgan fingerprint density at radius 3 is 2.38 bits per heavy atom. The Kier molecular flexibility index (Phi) is 5.96. The molecule has 0 aliphatic carbocycles. The summed E-state index contributed by atoms with van der Waals surface area (Å²) in [5.41, 5.74) is 0.0524. The van der Waals surface area contributed by atoms with Crippen LogP contribution in [-0.4, -0.2) is 27.5 Å². The topological polar surface area (TPSA) is 59.0 Å². The summed E-state index contributed by atoms with van der Waals surface area (Å²) in [5.74, 6) is 1.20. The number of nitrogens with one attached hydrogen (secondary N) is 2. The molecule has 0 saturated carbocycles. The second-order valence-corrected chi connectivity index (χ2v) is 7.15. The number of aryl methyl sites for hydroxylation is 1. The largest absolute Gasteiger partial charge is 0.352 e. The van der Waals surface area contributed by atoms with E-state index in [0.717, 1.165) is 5.82 Å². The van der Waals surface area contributed by atoms with E-state index in [2.05, 4.69) is 50.2 Å². The second-order valence-electron chi connectivity index (χ2n) is 7.15. The average molecular weight is 294 g/mol. The van der Waals surface area contributed by atoms with Crippen LogP contribution in [0.15, 0.2) is 12.4 Å². The molecule has 0 aliphatic heterocycles. The first kappa shape index (κ1) is 17.7. The third-order valence-corrected chi connectivity index (χ3v) is 4.01. The highest BCUT2D eigenvalue weighted by atomic mass is 16.2. The number of nitrogens with zero attached hydrogens (tertiary/aromatic N) is 2. The van der Waals surface area contributed by atoms with Crippen molar-refractivity contribution in [3.05, 3.63) is 18.2 Å². The van der Waals surface area contributed by atoms with Crippen molar-refractivity contribution in [2.45, 2.75) is 60.2 Å². The molecule has 21 heavy (non-hydrogen) atoms. The summed E-state index contributed by atoms with van der Waals surface area (Å²) in [4.78, 5) is 16.8. The first-order valence-electron chi connectivity index (χ1n) is 7.63. The highest BCUT2D eigenvalue weighted by molar-refractivity contribution is 5.82. The van der Waals surface area contributed by atoms with Crippen LogP contribution in [0, 0.1) is 11.3 Å². The van der Waals surface area contributed by atoms with Gasteiger partial charge in [0, 0.05) is 25.5 Å². The van der Waals surface area contributed by atoms with Crippen LogP contribution < -0.4 is 10.6 Å². The molecule has 0 aliphatic rings. The third-order valence-electron chi connectivity index (χ3n) is 4.01. The number of hydrogen-bond donors (Lipinski definition) is 2. The summed E-state index contributed by atoms with van der Waals surface area (Å²) in [6, 6.07) is -0.0901. The van der Waals surface area contributed by atoms with Crippen LogP contribution in [0.2, 0.25) is 0 Å². The number of amides is 1. The van der Waals surface area contributed by atoms with E-state index in [1.807, 2.05) is 24.7 Å². The van der Waals surface area contributed by atoms with Crippen molar-refractivity contribution in [2.75, 3.05) is 0 Å².